The Labute approximate surface area is 164 Å². The maximum Gasteiger partial charge on any atom is 0.323 e. The summed E-state index contributed by atoms with van der Waals surface area (Å²) in [7, 11) is 2.42. The third-order valence-electron chi connectivity index (χ3n) is 4.52. The third kappa shape index (κ3) is 4.98. The topological polar surface area (TPSA) is 93.1 Å². The maximum absolute atomic E-state index is 12.6. The molecule has 0 saturated carbocycles. The van der Waals surface area contributed by atoms with Crippen molar-refractivity contribution in [1.82, 2.24) is 0 Å². The molecule has 0 bridgehead atoms. The molecule has 6 heteroatoms. The molecule has 2 N–H and O–H groups in total. The van der Waals surface area contributed by atoms with Gasteiger partial charge in [-0.3, -0.25) is 9.59 Å². The number of methoxy groups -OCH3 is 2. The summed E-state index contributed by atoms with van der Waals surface area (Å²) in [5.74, 6) is -1.38. The Hall–Kier alpha value is -3.12. The predicted octanol–water partition coefficient (Wildman–Crippen LogP) is 2.95. The average Bonchev–Trinajstić information content (AvgIpc) is 2.73. The van der Waals surface area contributed by atoms with Gasteiger partial charge in [0.2, 0.25) is 0 Å². The first kappa shape index (κ1) is 21.2. The minimum absolute atomic E-state index is 0.0167. The molecule has 2 aromatic rings. The second-order valence-corrected chi connectivity index (χ2v) is 6.40. The highest BCUT2D eigenvalue weighted by Gasteiger charge is 2.47. The molecule has 0 saturated heterocycles. The van der Waals surface area contributed by atoms with Gasteiger partial charge in [-0.2, -0.15) is 0 Å². The summed E-state index contributed by atoms with van der Waals surface area (Å²) < 4.78 is 9.78. The van der Waals surface area contributed by atoms with Gasteiger partial charge in [0.25, 0.3) is 0 Å². The zero-order chi connectivity index (χ0) is 20.6. The lowest BCUT2D eigenvalue weighted by molar-refractivity contribution is -0.169. The van der Waals surface area contributed by atoms with E-state index in [1.165, 1.54) is 32.4 Å². The summed E-state index contributed by atoms with van der Waals surface area (Å²) in [6.07, 6.45) is 2.23. The summed E-state index contributed by atoms with van der Waals surface area (Å²) in [5.41, 5.74) is -0.252. The first-order valence-corrected chi connectivity index (χ1v) is 8.77. The minimum Gasteiger partial charge on any atom is -0.508 e. The van der Waals surface area contributed by atoms with Crippen molar-refractivity contribution in [2.24, 2.45) is 5.41 Å². The molecule has 2 rings (SSSR count). The van der Waals surface area contributed by atoms with Gasteiger partial charge in [-0.15, -0.1) is 0 Å². The monoisotopic (exact) mass is 384 g/mol. The Morgan fingerprint density at radius 3 is 2.11 bits per heavy atom. The Kier molecular flexibility index (Phi) is 7.35. The lowest BCUT2D eigenvalue weighted by Gasteiger charge is -2.27. The van der Waals surface area contributed by atoms with Crippen molar-refractivity contribution >= 4 is 11.9 Å². The van der Waals surface area contributed by atoms with Gasteiger partial charge in [0.1, 0.15) is 5.75 Å². The molecule has 0 aliphatic heterocycles. The van der Waals surface area contributed by atoms with Crippen LogP contribution in [0.4, 0.5) is 0 Å². The van der Waals surface area contributed by atoms with Crippen molar-refractivity contribution in [1.29, 1.82) is 0 Å². The lowest BCUT2D eigenvalue weighted by Crippen LogP contribution is -2.43. The molecule has 0 spiro atoms. The second kappa shape index (κ2) is 9.71. The number of aliphatic hydroxyl groups excluding tert-OH is 1. The van der Waals surface area contributed by atoms with E-state index in [1.807, 2.05) is 18.2 Å². The van der Waals surface area contributed by atoms with E-state index in [0.717, 1.165) is 0 Å². The van der Waals surface area contributed by atoms with Crippen LogP contribution >= 0.6 is 0 Å². The molecule has 0 heterocycles. The molecular formula is C22H24O6. The van der Waals surface area contributed by atoms with Crippen molar-refractivity contribution in [3.05, 3.63) is 77.9 Å². The quantitative estimate of drug-likeness (QED) is 0.413. The highest BCUT2D eigenvalue weighted by atomic mass is 16.5. The number of carbonyl (C=O) groups excluding carboxylic acids is 2. The van der Waals surface area contributed by atoms with Crippen LogP contribution in [0.25, 0.3) is 0 Å². The number of allylic oxidation sites excluding steroid dienone is 1. The van der Waals surface area contributed by atoms with Crippen LogP contribution in [0.2, 0.25) is 0 Å². The average molecular weight is 384 g/mol. The number of phenolic OH excluding ortho intramolecular Hbond substituents is 1. The van der Waals surface area contributed by atoms with Gasteiger partial charge >= 0.3 is 11.9 Å². The number of phenols is 1. The normalized spacial score (nSPS) is 12.5. The molecule has 0 radical (unpaired) electrons. The molecule has 0 fully saturated rings. The first-order chi connectivity index (χ1) is 13.4. The fourth-order valence-electron chi connectivity index (χ4n) is 2.98. The van der Waals surface area contributed by atoms with E-state index in [1.54, 1.807) is 30.3 Å². The number of rotatable bonds is 8. The van der Waals surface area contributed by atoms with Gasteiger partial charge in [0.15, 0.2) is 5.41 Å². The summed E-state index contributed by atoms with van der Waals surface area (Å²) in [4.78, 5) is 25.2. The highest BCUT2D eigenvalue weighted by molar-refractivity contribution is 6.00. The van der Waals surface area contributed by atoms with E-state index >= 15 is 0 Å². The molecule has 0 amide bonds. The van der Waals surface area contributed by atoms with Gasteiger partial charge < -0.3 is 19.7 Å². The Bertz CT molecular complexity index is 795. The van der Waals surface area contributed by atoms with Crippen molar-refractivity contribution in [3.8, 4) is 5.75 Å². The van der Waals surface area contributed by atoms with Crippen LogP contribution in [0.5, 0.6) is 5.75 Å². The summed E-state index contributed by atoms with van der Waals surface area (Å²) >= 11 is 0. The number of esters is 2. The van der Waals surface area contributed by atoms with Gasteiger partial charge in [0.05, 0.1) is 20.3 Å². The van der Waals surface area contributed by atoms with Crippen LogP contribution in [0.15, 0.2) is 66.7 Å². The standard InChI is InChI=1S/C22H24O6/c1-27-20(25)22(21(26)28-2,15-16-10-12-18(23)13-11-16)14-6-9-19(24)17-7-4-3-5-8-17/h3-13,19,23-24H,14-15H2,1-2H3/b9-6+. The van der Waals surface area contributed by atoms with Crippen LogP contribution in [0.1, 0.15) is 23.7 Å². The fourth-order valence-corrected chi connectivity index (χ4v) is 2.98. The number of hydrogen-bond donors (Lipinski definition) is 2. The molecular weight excluding hydrogens is 360 g/mol. The summed E-state index contributed by atoms with van der Waals surface area (Å²) in [6, 6.07) is 15.2. The van der Waals surface area contributed by atoms with Crippen LogP contribution in [0.3, 0.4) is 0 Å². The SMILES string of the molecule is COC(=O)C(C/C=C/C(O)c1ccccc1)(Cc1ccc(O)cc1)C(=O)OC. The summed E-state index contributed by atoms with van der Waals surface area (Å²) in [5, 5.41) is 19.7. The van der Waals surface area contributed by atoms with E-state index in [0.29, 0.717) is 11.1 Å². The number of ether oxygens (including phenoxy) is 2. The van der Waals surface area contributed by atoms with E-state index in [9.17, 15) is 19.8 Å². The molecule has 6 nitrogen and oxygen atoms in total. The lowest BCUT2D eigenvalue weighted by atomic mass is 9.78. The molecule has 0 aromatic heterocycles. The van der Waals surface area contributed by atoms with Gasteiger partial charge in [-0.25, -0.2) is 0 Å². The molecule has 2 aromatic carbocycles. The zero-order valence-corrected chi connectivity index (χ0v) is 15.9. The van der Waals surface area contributed by atoms with Crippen LogP contribution in [-0.2, 0) is 25.5 Å². The van der Waals surface area contributed by atoms with Crippen molar-refractivity contribution < 1.29 is 29.3 Å². The Balaban J connectivity index is 2.30. The summed E-state index contributed by atoms with van der Waals surface area (Å²) in [6.45, 7) is 0. The zero-order valence-electron chi connectivity index (χ0n) is 15.9. The second-order valence-electron chi connectivity index (χ2n) is 6.40. The molecule has 1 unspecified atom stereocenters. The highest BCUT2D eigenvalue weighted by Crippen LogP contribution is 2.32. The van der Waals surface area contributed by atoms with Gasteiger partial charge in [0, 0.05) is 0 Å². The largest absolute Gasteiger partial charge is 0.508 e. The molecule has 148 valence electrons. The third-order valence-corrected chi connectivity index (χ3v) is 4.52. The molecule has 0 aliphatic carbocycles. The Morgan fingerprint density at radius 1 is 1.00 bits per heavy atom. The predicted molar refractivity (Wildman–Crippen MR) is 103 cm³/mol. The maximum atomic E-state index is 12.6. The van der Waals surface area contributed by atoms with E-state index in [4.69, 9.17) is 9.47 Å². The molecule has 28 heavy (non-hydrogen) atoms. The fraction of sp³-hybridized carbons (Fsp3) is 0.273. The number of benzene rings is 2. The van der Waals surface area contributed by atoms with E-state index in [2.05, 4.69) is 0 Å². The smallest absolute Gasteiger partial charge is 0.323 e. The number of aromatic hydroxyl groups is 1. The van der Waals surface area contributed by atoms with Crippen LogP contribution < -0.4 is 0 Å². The minimum atomic E-state index is -1.60. The first-order valence-electron chi connectivity index (χ1n) is 8.77. The van der Waals surface area contributed by atoms with Crippen molar-refractivity contribution in [3.63, 3.8) is 0 Å². The van der Waals surface area contributed by atoms with E-state index in [-0.39, 0.29) is 18.6 Å². The Morgan fingerprint density at radius 2 is 1.57 bits per heavy atom. The van der Waals surface area contributed by atoms with Crippen LogP contribution in [0, 0.1) is 5.41 Å². The van der Waals surface area contributed by atoms with Gasteiger partial charge in [-0.05, 0) is 36.1 Å². The number of aliphatic hydroxyl groups is 1. The molecule has 0 aliphatic rings. The van der Waals surface area contributed by atoms with Gasteiger partial charge in [-0.1, -0.05) is 54.6 Å². The number of hydrogen-bond acceptors (Lipinski definition) is 6. The van der Waals surface area contributed by atoms with E-state index < -0.39 is 23.5 Å². The molecule has 1 atom stereocenters. The number of carbonyl (C=O) groups is 2. The van der Waals surface area contributed by atoms with Crippen molar-refractivity contribution in [2.75, 3.05) is 14.2 Å². The van der Waals surface area contributed by atoms with Crippen LogP contribution in [-0.4, -0.2) is 36.4 Å². The van der Waals surface area contributed by atoms with Crippen molar-refractivity contribution in [2.45, 2.75) is 18.9 Å².